The molecule has 5 heteroatoms. The summed E-state index contributed by atoms with van der Waals surface area (Å²) in [4.78, 5) is 14.9. The molecule has 1 N–H and O–H groups in total. The van der Waals surface area contributed by atoms with Crippen LogP contribution in [0.15, 0.2) is 30.7 Å². The highest BCUT2D eigenvalue weighted by molar-refractivity contribution is 5.46. The van der Waals surface area contributed by atoms with Gasteiger partial charge in [0.25, 0.3) is 0 Å². The number of hydrogen-bond donors (Lipinski definition) is 1. The Labute approximate surface area is 124 Å². The lowest BCUT2D eigenvalue weighted by molar-refractivity contribution is 0.148. The number of anilines is 1. The lowest BCUT2D eigenvalue weighted by atomic mass is 9.97. The highest BCUT2D eigenvalue weighted by atomic mass is 16.3. The van der Waals surface area contributed by atoms with E-state index in [9.17, 15) is 5.11 Å². The largest absolute Gasteiger partial charge is 0.391 e. The Morgan fingerprint density at radius 3 is 2.76 bits per heavy atom. The van der Waals surface area contributed by atoms with E-state index in [4.69, 9.17) is 0 Å². The van der Waals surface area contributed by atoms with E-state index in [0.717, 1.165) is 30.2 Å². The molecule has 1 aliphatic rings. The van der Waals surface area contributed by atoms with Gasteiger partial charge in [0.15, 0.2) is 0 Å². The molecular weight excluding hydrogens is 264 g/mol. The summed E-state index contributed by atoms with van der Waals surface area (Å²) in [7, 11) is 0. The Bertz CT molecular complexity index is 617. The first kappa shape index (κ1) is 13.9. The molecule has 21 heavy (non-hydrogen) atoms. The molecule has 3 rings (SSSR count). The number of aromatic nitrogens is 3. The van der Waals surface area contributed by atoms with Gasteiger partial charge in [-0.05, 0) is 38.0 Å². The topological polar surface area (TPSA) is 62.1 Å². The number of aliphatic hydroxyl groups is 1. The van der Waals surface area contributed by atoms with E-state index in [1.165, 1.54) is 5.56 Å². The first-order valence-electron chi connectivity index (χ1n) is 7.25. The molecule has 0 spiro atoms. The predicted octanol–water partition coefficient (Wildman–Crippen LogP) is 1.53. The minimum Gasteiger partial charge on any atom is -0.391 e. The zero-order valence-corrected chi connectivity index (χ0v) is 12.4. The lowest BCUT2D eigenvalue weighted by Gasteiger charge is -2.19. The van der Waals surface area contributed by atoms with E-state index >= 15 is 0 Å². The van der Waals surface area contributed by atoms with Crippen molar-refractivity contribution in [2.24, 2.45) is 5.92 Å². The van der Waals surface area contributed by atoms with Gasteiger partial charge < -0.3 is 10.0 Å². The number of aliphatic hydroxyl groups excluding tert-OH is 1. The Kier molecular flexibility index (Phi) is 3.84. The van der Waals surface area contributed by atoms with Gasteiger partial charge in [-0.15, -0.1) is 0 Å². The molecule has 0 aromatic carbocycles. The summed E-state index contributed by atoms with van der Waals surface area (Å²) < 4.78 is 0. The average Bonchev–Trinajstić information content (AvgIpc) is 2.84. The molecule has 0 unspecified atom stereocenters. The highest BCUT2D eigenvalue weighted by Crippen LogP contribution is 2.27. The van der Waals surface area contributed by atoms with Crippen LogP contribution in [0.5, 0.6) is 0 Å². The maximum Gasteiger partial charge on any atom is 0.135 e. The number of rotatable bonds is 3. The number of β-amino-alcohol motifs (C(OH)–C–C–N with tert-alkyl or cyclic N) is 1. The number of hydrogen-bond acceptors (Lipinski definition) is 5. The molecule has 0 radical (unpaired) electrons. The van der Waals surface area contributed by atoms with Gasteiger partial charge in [-0.1, -0.05) is 0 Å². The lowest BCUT2D eigenvalue weighted by Crippen LogP contribution is -2.23. The molecule has 0 amide bonds. The van der Waals surface area contributed by atoms with E-state index in [2.05, 4.69) is 19.9 Å². The Balaban J connectivity index is 1.75. The molecule has 0 bridgehead atoms. The standard InChI is InChI=1S/C16H20N4O/c1-11-8-18-12(2)19-16(11)20-9-14(15(21)10-20)7-13-3-5-17-6-4-13/h3-6,8,14-15,21H,7,9-10H2,1-2H3/t14-,15+/m1/s1. The van der Waals surface area contributed by atoms with E-state index in [0.29, 0.717) is 6.54 Å². The second kappa shape index (κ2) is 5.77. The average molecular weight is 284 g/mol. The van der Waals surface area contributed by atoms with Crippen LogP contribution in [-0.2, 0) is 6.42 Å². The second-order valence-electron chi connectivity index (χ2n) is 5.72. The molecule has 3 heterocycles. The summed E-state index contributed by atoms with van der Waals surface area (Å²) in [5, 5.41) is 10.3. The third-order valence-electron chi connectivity index (χ3n) is 4.02. The normalized spacial score (nSPS) is 21.8. The molecule has 2 aromatic rings. The minimum atomic E-state index is -0.326. The summed E-state index contributed by atoms with van der Waals surface area (Å²) in [6.07, 6.45) is 5.98. The van der Waals surface area contributed by atoms with Gasteiger partial charge in [-0.3, -0.25) is 4.98 Å². The number of nitrogens with zero attached hydrogens (tertiary/aromatic N) is 4. The van der Waals surface area contributed by atoms with Gasteiger partial charge in [0.2, 0.25) is 0 Å². The molecule has 2 atom stereocenters. The maximum atomic E-state index is 10.3. The van der Waals surface area contributed by atoms with E-state index in [-0.39, 0.29) is 12.0 Å². The molecular formula is C16H20N4O. The minimum absolute atomic E-state index is 0.224. The third kappa shape index (κ3) is 3.03. The van der Waals surface area contributed by atoms with E-state index in [1.54, 1.807) is 12.4 Å². The van der Waals surface area contributed by atoms with Gasteiger partial charge >= 0.3 is 0 Å². The molecule has 5 nitrogen and oxygen atoms in total. The molecule has 1 aliphatic heterocycles. The number of pyridine rings is 1. The van der Waals surface area contributed by atoms with Crippen molar-refractivity contribution in [3.8, 4) is 0 Å². The van der Waals surface area contributed by atoms with Gasteiger partial charge in [0.05, 0.1) is 6.10 Å². The summed E-state index contributed by atoms with van der Waals surface area (Å²) in [6.45, 7) is 5.36. The zero-order valence-electron chi connectivity index (χ0n) is 12.4. The second-order valence-corrected chi connectivity index (χ2v) is 5.72. The summed E-state index contributed by atoms with van der Waals surface area (Å²) in [5.74, 6) is 1.93. The molecule has 1 saturated heterocycles. The molecule has 2 aromatic heterocycles. The summed E-state index contributed by atoms with van der Waals surface area (Å²) in [6, 6.07) is 4.02. The van der Waals surface area contributed by atoms with E-state index in [1.807, 2.05) is 32.2 Å². The van der Waals surface area contributed by atoms with Crippen molar-refractivity contribution in [2.75, 3.05) is 18.0 Å². The van der Waals surface area contributed by atoms with Gasteiger partial charge in [0.1, 0.15) is 11.6 Å². The fourth-order valence-electron chi connectivity index (χ4n) is 2.89. The fraction of sp³-hybridized carbons (Fsp3) is 0.438. The first-order chi connectivity index (χ1) is 10.1. The van der Waals surface area contributed by atoms with Crippen LogP contribution in [0.2, 0.25) is 0 Å². The summed E-state index contributed by atoms with van der Waals surface area (Å²) >= 11 is 0. The predicted molar refractivity (Wildman–Crippen MR) is 81.2 cm³/mol. The van der Waals surface area contributed by atoms with Crippen LogP contribution in [0.3, 0.4) is 0 Å². The van der Waals surface area contributed by atoms with Crippen molar-refractivity contribution in [3.63, 3.8) is 0 Å². The third-order valence-corrected chi connectivity index (χ3v) is 4.02. The van der Waals surface area contributed by atoms with Crippen molar-refractivity contribution >= 4 is 5.82 Å². The Morgan fingerprint density at radius 2 is 2.00 bits per heavy atom. The Morgan fingerprint density at radius 1 is 1.24 bits per heavy atom. The quantitative estimate of drug-likeness (QED) is 0.926. The van der Waals surface area contributed by atoms with Crippen LogP contribution >= 0.6 is 0 Å². The van der Waals surface area contributed by atoms with E-state index < -0.39 is 0 Å². The zero-order chi connectivity index (χ0) is 14.8. The monoisotopic (exact) mass is 284 g/mol. The number of aryl methyl sites for hydroxylation is 2. The van der Waals surface area contributed by atoms with Crippen molar-refractivity contribution in [2.45, 2.75) is 26.4 Å². The van der Waals surface area contributed by atoms with Crippen molar-refractivity contribution in [1.82, 2.24) is 15.0 Å². The fourth-order valence-corrected chi connectivity index (χ4v) is 2.89. The molecule has 110 valence electrons. The van der Waals surface area contributed by atoms with Crippen LogP contribution < -0.4 is 4.90 Å². The van der Waals surface area contributed by atoms with Gasteiger partial charge in [0, 0.05) is 43.2 Å². The SMILES string of the molecule is Cc1ncc(C)c(N2C[C@@H](Cc3ccncc3)[C@@H](O)C2)n1. The van der Waals surface area contributed by atoms with Crippen LogP contribution in [0.1, 0.15) is 17.0 Å². The van der Waals surface area contributed by atoms with Crippen molar-refractivity contribution in [1.29, 1.82) is 0 Å². The Hall–Kier alpha value is -2.01. The van der Waals surface area contributed by atoms with Crippen LogP contribution in [0.25, 0.3) is 0 Å². The molecule has 1 fully saturated rings. The first-order valence-corrected chi connectivity index (χ1v) is 7.25. The van der Waals surface area contributed by atoms with Crippen LogP contribution in [-0.4, -0.2) is 39.3 Å². The maximum absolute atomic E-state index is 10.3. The molecule has 0 saturated carbocycles. The van der Waals surface area contributed by atoms with Crippen molar-refractivity contribution < 1.29 is 5.11 Å². The highest BCUT2D eigenvalue weighted by Gasteiger charge is 2.32. The summed E-state index contributed by atoms with van der Waals surface area (Å²) in [5.41, 5.74) is 2.27. The van der Waals surface area contributed by atoms with Gasteiger partial charge in [-0.25, -0.2) is 9.97 Å². The van der Waals surface area contributed by atoms with Crippen LogP contribution in [0, 0.1) is 19.8 Å². The van der Waals surface area contributed by atoms with Crippen molar-refractivity contribution in [3.05, 3.63) is 47.7 Å². The van der Waals surface area contributed by atoms with Gasteiger partial charge in [-0.2, -0.15) is 0 Å². The van der Waals surface area contributed by atoms with Crippen LogP contribution in [0.4, 0.5) is 5.82 Å². The molecule has 0 aliphatic carbocycles. The smallest absolute Gasteiger partial charge is 0.135 e.